The summed E-state index contributed by atoms with van der Waals surface area (Å²) in [4.78, 5) is 0.153. The summed E-state index contributed by atoms with van der Waals surface area (Å²) < 4.78 is 28.4. The van der Waals surface area contributed by atoms with Crippen molar-refractivity contribution >= 4 is 50.6 Å². The molecule has 1 N–H and O–H groups in total. The maximum atomic E-state index is 13.5. The molecule has 2 aliphatic rings. The summed E-state index contributed by atoms with van der Waals surface area (Å²) in [6.45, 7) is 0. The van der Waals surface area contributed by atoms with Crippen molar-refractivity contribution in [2.75, 3.05) is 0 Å². The minimum absolute atomic E-state index is 0.153. The van der Waals surface area contributed by atoms with Crippen molar-refractivity contribution in [2.45, 2.75) is 36.6 Å². The zero-order valence-corrected chi connectivity index (χ0v) is 18.0. The molecule has 1 aliphatic heterocycles. The molecular formula is C20H18Cl2N2O2S2. The van der Waals surface area contributed by atoms with Gasteiger partial charge in [0.15, 0.2) is 5.11 Å². The van der Waals surface area contributed by atoms with E-state index in [4.69, 9.17) is 35.4 Å². The van der Waals surface area contributed by atoms with Gasteiger partial charge in [0.1, 0.15) is 0 Å². The monoisotopic (exact) mass is 452 g/mol. The van der Waals surface area contributed by atoms with Crippen LogP contribution in [0.5, 0.6) is 0 Å². The molecule has 1 aliphatic carbocycles. The van der Waals surface area contributed by atoms with Crippen LogP contribution in [0.3, 0.4) is 0 Å². The van der Waals surface area contributed by atoms with E-state index in [0.717, 1.165) is 42.5 Å². The van der Waals surface area contributed by atoms with Gasteiger partial charge in [-0.05, 0) is 85.4 Å². The van der Waals surface area contributed by atoms with Gasteiger partial charge in [0.2, 0.25) is 0 Å². The highest BCUT2D eigenvalue weighted by Gasteiger charge is 2.41. The maximum Gasteiger partial charge on any atom is 0.266 e. The van der Waals surface area contributed by atoms with E-state index in [1.54, 1.807) is 24.3 Å². The quantitative estimate of drug-likeness (QED) is 0.629. The number of benzene rings is 2. The van der Waals surface area contributed by atoms with Gasteiger partial charge in [-0.15, -0.1) is 0 Å². The zero-order chi connectivity index (χ0) is 19.9. The standard InChI is InChI=1S/C20H18Cl2N2O2S2/c21-14-7-5-13(6-8-14)19-17-3-1-2-4-18(17)23-20(27)24(19)28(25,26)16-11-9-15(22)10-12-16/h5-12,19H,1-4H2,(H,23,27)/t19-/m0/s1. The van der Waals surface area contributed by atoms with Gasteiger partial charge < -0.3 is 5.32 Å². The van der Waals surface area contributed by atoms with Gasteiger partial charge in [-0.1, -0.05) is 35.3 Å². The normalized spacial score (nSPS) is 20.0. The molecule has 146 valence electrons. The molecule has 0 unspecified atom stereocenters. The van der Waals surface area contributed by atoms with Crippen LogP contribution in [0.15, 0.2) is 64.7 Å². The SMILES string of the molecule is O=S(=O)(c1ccc(Cl)cc1)N1C(=S)NC2=C(CCCC2)[C@@H]1c1ccc(Cl)cc1. The first-order valence-electron chi connectivity index (χ1n) is 8.96. The first-order chi connectivity index (χ1) is 13.4. The molecule has 0 radical (unpaired) electrons. The van der Waals surface area contributed by atoms with Gasteiger partial charge in [0, 0.05) is 15.7 Å². The molecule has 0 saturated heterocycles. The molecule has 2 aromatic rings. The number of nitrogens with zero attached hydrogens (tertiary/aromatic N) is 1. The van der Waals surface area contributed by atoms with Crippen molar-refractivity contribution < 1.29 is 8.42 Å². The highest BCUT2D eigenvalue weighted by Crippen LogP contribution is 2.42. The molecule has 0 spiro atoms. The van der Waals surface area contributed by atoms with E-state index in [1.807, 2.05) is 12.1 Å². The van der Waals surface area contributed by atoms with Crippen molar-refractivity contribution in [2.24, 2.45) is 0 Å². The molecule has 2 aromatic carbocycles. The number of thiocarbonyl (C=S) groups is 1. The molecule has 0 aromatic heterocycles. The van der Waals surface area contributed by atoms with Crippen LogP contribution in [-0.2, 0) is 10.0 Å². The van der Waals surface area contributed by atoms with Crippen LogP contribution in [0.25, 0.3) is 0 Å². The summed E-state index contributed by atoms with van der Waals surface area (Å²) in [6, 6.07) is 12.9. The molecule has 0 saturated carbocycles. The number of halogens is 2. The van der Waals surface area contributed by atoms with E-state index in [9.17, 15) is 8.42 Å². The minimum atomic E-state index is -3.88. The molecule has 28 heavy (non-hydrogen) atoms. The maximum absolute atomic E-state index is 13.5. The Morgan fingerprint density at radius 1 is 0.929 bits per heavy atom. The highest BCUT2D eigenvalue weighted by atomic mass is 35.5. The van der Waals surface area contributed by atoms with Gasteiger partial charge in [-0.3, -0.25) is 0 Å². The molecule has 1 heterocycles. The smallest absolute Gasteiger partial charge is 0.266 e. The second kappa shape index (κ2) is 7.67. The molecule has 1 atom stereocenters. The Morgan fingerprint density at radius 2 is 1.50 bits per heavy atom. The first kappa shape index (κ1) is 19.7. The molecule has 0 amide bonds. The lowest BCUT2D eigenvalue weighted by molar-refractivity contribution is 0.428. The van der Waals surface area contributed by atoms with Crippen molar-refractivity contribution in [1.82, 2.24) is 9.62 Å². The van der Waals surface area contributed by atoms with Gasteiger partial charge in [0.25, 0.3) is 10.0 Å². The fourth-order valence-corrected chi connectivity index (χ4v) is 6.04. The number of allylic oxidation sites excluding steroid dienone is 1. The fraction of sp³-hybridized carbons (Fsp3) is 0.250. The van der Waals surface area contributed by atoms with E-state index < -0.39 is 16.1 Å². The lowest BCUT2D eigenvalue weighted by Crippen LogP contribution is -2.50. The average Bonchev–Trinajstić information content (AvgIpc) is 2.68. The lowest BCUT2D eigenvalue weighted by atomic mass is 9.86. The second-order valence-electron chi connectivity index (χ2n) is 6.85. The van der Waals surface area contributed by atoms with Crippen LogP contribution >= 0.6 is 35.4 Å². The van der Waals surface area contributed by atoms with Gasteiger partial charge in [-0.25, -0.2) is 12.7 Å². The largest absolute Gasteiger partial charge is 0.335 e. The van der Waals surface area contributed by atoms with Crippen molar-refractivity contribution in [3.8, 4) is 0 Å². The fourth-order valence-electron chi connectivity index (χ4n) is 3.77. The Hall–Kier alpha value is -1.60. The Kier molecular flexibility index (Phi) is 5.40. The number of sulfonamides is 1. The zero-order valence-electron chi connectivity index (χ0n) is 14.9. The lowest BCUT2D eigenvalue weighted by Gasteiger charge is -2.42. The third kappa shape index (κ3) is 3.54. The predicted octanol–water partition coefficient (Wildman–Crippen LogP) is 5.44. The molecule has 8 heteroatoms. The first-order valence-corrected chi connectivity index (χ1v) is 11.6. The Morgan fingerprint density at radius 3 is 2.14 bits per heavy atom. The summed E-state index contributed by atoms with van der Waals surface area (Å²) in [5.41, 5.74) is 2.96. The Labute approximate surface area is 180 Å². The van der Waals surface area contributed by atoms with E-state index in [1.165, 1.54) is 16.4 Å². The van der Waals surface area contributed by atoms with E-state index in [2.05, 4.69) is 5.32 Å². The van der Waals surface area contributed by atoms with Gasteiger partial charge in [-0.2, -0.15) is 0 Å². The van der Waals surface area contributed by atoms with Crippen LogP contribution in [0.2, 0.25) is 10.0 Å². The summed E-state index contributed by atoms with van der Waals surface area (Å²) in [7, 11) is -3.88. The van der Waals surface area contributed by atoms with Gasteiger partial charge in [0.05, 0.1) is 10.9 Å². The van der Waals surface area contributed by atoms with Crippen LogP contribution in [0.4, 0.5) is 0 Å². The topological polar surface area (TPSA) is 49.4 Å². The van der Waals surface area contributed by atoms with E-state index in [0.29, 0.717) is 10.0 Å². The molecule has 0 bridgehead atoms. The Balaban J connectivity index is 1.88. The summed E-state index contributed by atoms with van der Waals surface area (Å²) >= 11 is 17.5. The number of hydrogen-bond donors (Lipinski definition) is 1. The van der Waals surface area contributed by atoms with E-state index in [-0.39, 0.29) is 10.0 Å². The van der Waals surface area contributed by atoms with Crippen molar-refractivity contribution in [1.29, 1.82) is 0 Å². The highest BCUT2D eigenvalue weighted by molar-refractivity contribution is 7.91. The van der Waals surface area contributed by atoms with Crippen molar-refractivity contribution in [3.63, 3.8) is 0 Å². The number of rotatable bonds is 3. The summed E-state index contributed by atoms with van der Waals surface area (Å²) in [5, 5.41) is 4.44. The van der Waals surface area contributed by atoms with E-state index >= 15 is 0 Å². The van der Waals surface area contributed by atoms with Crippen LogP contribution in [-0.4, -0.2) is 17.8 Å². The molecule has 0 fully saturated rings. The minimum Gasteiger partial charge on any atom is -0.335 e. The third-order valence-electron chi connectivity index (χ3n) is 5.09. The van der Waals surface area contributed by atoms with Gasteiger partial charge >= 0.3 is 0 Å². The predicted molar refractivity (Wildman–Crippen MR) is 116 cm³/mol. The number of nitrogens with one attached hydrogen (secondary N) is 1. The average molecular weight is 453 g/mol. The Bertz CT molecular complexity index is 1050. The third-order valence-corrected chi connectivity index (χ3v) is 7.79. The molecular weight excluding hydrogens is 435 g/mol. The van der Waals surface area contributed by atoms with Crippen LogP contribution < -0.4 is 5.32 Å². The second-order valence-corrected chi connectivity index (χ2v) is 9.92. The summed E-state index contributed by atoms with van der Waals surface area (Å²) in [6.07, 6.45) is 3.77. The van der Waals surface area contributed by atoms with Crippen LogP contribution in [0, 0.1) is 0 Å². The number of hydrogen-bond acceptors (Lipinski definition) is 3. The van der Waals surface area contributed by atoms with Crippen molar-refractivity contribution in [3.05, 3.63) is 75.4 Å². The van der Waals surface area contributed by atoms with Crippen LogP contribution in [0.1, 0.15) is 37.3 Å². The molecule has 4 rings (SSSR count). The summed E-state index contributed by atoms with van der Waals surface area (Å²) in [5.74, 6) is 0. The molecule has 4 nitrogen and oxygen atoms in total.